The molecule has 0 saturated carbocycles. The molecule has 0 unspecified atom stereocenters. The van der Waals surface area contributed by atoms with Crippen molar-refractivity contribution < 1.29 is 19.1 Å². The Kier molecular flexibility index (Phi) is 6.75. The summed E-state index contributed by atoms with van der Waals surface area (Å²) >= 11 is 0. The minimum Gasteiger partial charge on any atom is -0.496 e. The minimum atomic E-state index is -0.459. The van der Waals surface area contributed by atoms with Crippen molar-refractivity contribution in [3.05, 3.63) is 131 Å². The second-order valence-electron chi connectivity index (χ2n) is 9.97. The number of methoxy groups -OCH3 is 1. The van der Waals surface area contributed by atoms with E-state index in [2.05, 4.69) is 30.3 Å². The van der Waals surface area contributed by atoms with E-state index in [0.29, 0.717) is 16.9 Å². The molecule has 0 heterocycles. The monoisotopic (exact) mass is 524 g/mol. The molecule has 0 spiro atoms. The van der Waals surface area contributed by atoms with Crippen LogP contribution in [0.1, 0.15) is 38.8 Å². The molecule has 0 atom stereocenters. The van der Waals surface area contributed by atoms with Crippen molar-refractivity contribution in [3.63, 3.8) is 0 Å². The maximum atomic E-state index is 13.2. The lowest BCUT2D eigenvalue weighted by Crippen LogP contribution is -2.11. The lowest BCUT2D eigenvalue weighted by molar-refractivity contribution is 0.0735. The number of fused-ring (bicyclic) bond motifs is 3. The molecular formula is C36H28O4. The Morgan fingerprint density at radius 2 is 1.05 bits per heavy atom. The van der Waals surface area contributed by atoms with Gasteiger partial charge in [-0.1, -0.05) is 72.8 Å². The molecule has 196 valence electrons. The Morgan fingerprint density at radius 1 is 0.575 bits per heavy atom. The molecule has 0 bridgehead atoms. The van der Waals surface area contributed by atoms with E-state index in [4.69, 9.17) is 9.47 Å². The molecule has 0 amide bonds. The SMILES string of the molecule is COc1cc2c(cc1-c1ccccc1)-c1cc(-c3ccccc3)c(OC(=O)c3ccc(C(C)=O)cc3)cc1CC2. The molecular weight excluding hydrogens is 496 g/mol. The van der Waals surface area contributed by atoms with Crippen LogP contribution < -0.4 is 9.47 Å². The first-order valence-electron chi connectivity index (χ1n) is 13.3. The molecule has 5 aromatic carbocycles. The van der Waals surface area contributed by atoms with Crippen molar-refractivity contribution in [1.82, 2.24) is 0 Å². The predicted molar refractivity (Wildman–Crippen MR) is 158 cm³/mol. The van der Waals surface area contributed by atoms with E-state index in [-0.39, 0.29) is 5.78 Å². The molecule has 0 aromatic heterocycles. The number of hydrogen-bond donors (Lipinski definition) is 0. The summed E-state index contributed by atoms with van der Waals surface area (Å²) in [4.78, 5) is 24.9. The summed E-state index contributed by atoms with van der Waals surface area (Å²) < 4.78 is 11.8. The number of benzene rings is 5. The van der Waals surface area contributed by atoms with Gasteiger partial charge < -0.3 is 9.47 Å². The van der Waals surface area contributed by atoms with Crippen molar-refractivity contribution in [3.8, 4) is 44.9 Å². The molecule has 1 aliphatic rings. The fourth-order valence-electron chi connectivity index (χ4n) is 5.37. The minimum absolute atomic E-state index is 0.0470. The molecule has 0 saturated heterocycles. The highest BCUT2D eigenvalue weighted by Gasteiger charge is 2.24. The van der Waals surface area contributed by atoms with Gasteiger partial charge in [0, 0.05) is 16.7 Å². The van der Waals surface area contributed by atoms with Gasteiger partial charge in [0.05, 0.1) is 12.7 Å². The highest BCUT2D eigenvalue weighted by atomic mass is 16.5. The molecule has 4 heteroatoms. The highest BCUT2D eigenvalue weighted by molar-refractivity contribution is 5.97. The lowest BCUT2D eigenvalue weighted by Gasteiger charge is -2.24. The van der Waals surface area contributed by atoms with E-state index < -0.39 is 5.97 Å². The van der Waals surface area contributed by atoms with Crippen LogP contribution in [-0.2, 0) is 12.8 Å². The van der Waals surface area contributed by atoms with Gasteiger partial charge in [-0.2, -0.15) is 0 Å². The number of hydrogen-bond acceptors (Lipinski definition) is 4. The van der Waals surface area contributed by atoms with Gasteiger partial charge in [-0.05, 0) is 89.5 Å². The van der Waals surface area contributed by atoms with Crippen LogP contribution in [0, 0.1) is 0 Å². The van der Waals surface area contributed by atoms with Crippen LogP contribution >= 0.6 is 0 Å². The zero-order valence-corrected chi connectivity index (χ0v) is 22.4. The fourth-order valence-corrected chi connectivity index (χ4v) is 5.37. The summed E-state index contributed by atoms with van der Waals surface area (Å²) in [5.74, 6) is 0.873. The normalized spacial score (nSPS) is 11.8. The van der Waals surface area contributed by atoms with Gasteiger partial charge in [-0.3, -0.25) is 4.79 Å². The van der Waals surface area contributed by atoms with Crippen LogP contribution in [0.5, 0.6) is 11.5 Å². The Balaban J connectivity index is 1.46. The Bertz CT molecular complexity index is 1720. The van der Waals surface area contributed by atoms with Crippen LogP contribution in [0.15, 0.2) is 109 Å². The van der Waals surface area contributed by atoms with Gasteiger partial charge in [-0.25, -0.2) is 4.79 Å². The van der Waals surface area contributed by atoms with Crippen LogP contribution in [0.2, 0.25) is 0 Å². The summed E-state index contributed by atoms with van der Waals surface area (Å²) in [6, 6.07) is 35.3. The third kappa shape index (κ3) is 4.80. The average Bonchev–Trinajstić information content (AvgIpc) is 3.00. The summed E-state index contributed by atoms with van der Waals surface area (Å²) in [6.45, 7) is 1.50. The predicted octanol–water partition coefficient (Wildman–Crippen LogP) is 8.22. The number of ketones is 1. The molecule has 0 fully saturated rings. The number of aryl methyl sites for hydroxylation is 2. The van der Waals surface area contributed by atoms with E-state index in [0.717, 1.165) is 57.5 Å². The smallest absolute Gasteiger partial charge is 0.343 e. The molecule has 4 nitrogen and oxygen atoms in total. The van der Waals surface area contributed by atoms with Crippen molar-refractivity contribution >= 4 is 11.8 Å². The number of Topliss-reactive ketones (excluding diaryl/α,β-unsaturated/α-hetero) is 1. The van der Waals surface area contributed by atoms with Gasteiger partial charge in [0.15, 0.2) is 5.78 Å². The maximum Gasteiger partial charge on any atom is 0.343 e. The molecule has 0 aliphatic heterocycles. The number of carbonyl (C=O) groups excluding carboxylic acids is 2. The van der Waals surface area contributed by atoms with Crippen LogP contribution in [0.3, 0.4) is 0 Å². The van der Waals surface area contributed by atoms with E-state index in [1.807, 2.05) is 54.6 Å². The highest BCUT2D eigenvalue weighted by Crippen LogP contribution is 2.45. The van der Waals surface area contributed by atoms with Crippen molar-refractivity contribution in [2.45, 2.75) is 19.8 Å². The molecule has 5 aromatic rings. The largest absolute Gasteiger partial charge is 0.496 e. The average molecular weight is 525 g/mol. The van der Waals surface area contributed by atoms with Gasteiger partial charge in [-0.15, -0.1) is 0 Å². The third-order valence-electron chi connectivity index (χ3n) is 7.48. The number of rotatable bonds is 6. The van der Waals surface area contributed by atoms with Gasteiger partial charge >= 0.3 is 5.97 Å². The second-order valence-corrected chi connectivity index (χ2v) is 9.97. The quantitative estimate of drug-likeness (QED) is 0.128. The van der Waals surface area contributed by atoms with E-state index in [9.17, 15) is 9.59 Å². The fraction of sp³-hybridized carbons (Fsp3) is 0.111. The first-order valence-corrected chi connectivity index (χ1v) is 13.3. The van der Waals surface area contributed by atoms with E-state index in [1.165, 1.54) is 12.5 Å². The lowest BCUT2D eigenvalue weighted by atomic mass is 9.82. The summed E-state index contributed by atoms with van der Waals surface area (Å²) in [5.41, 5.74) is 9.55. The molecule has 0 N–H and O–H groups in total. The summed E-state index contributed by atoms with van der Waals surface area (Å²) in [5, 5.41) is 0. The van der Waals surface area contributed by atoms with Gasteiger partial charge in [0.2, 0.25) is 0 Å². The maximum absolute atomic E-state index is 13.2. The van der Waals surface area contributed by atoms with Crippen molar-refractivity contribution in [1.29, 1.82) is 0 Å². The van der Waals surface area contributed by atoms with Gasteiger partial charge in [0.1, 0.15) is 11.5 Å². The van der Waals surface area contributed by atoms with Crippen molar-refractivity contribution in [2.75, 3.05) is 7.11 Å². The zero-order valence-electron chi connectivity index (χ0n) is 22.4. The second kappa shape index (κ2) is 10.7. The Morgan fingerprint density at radius 3 is 1.55 bits per heavy atom. The standard InChI is InChI=1S/C36H28O4/c1-23(37)24-13-15-27(16-14-24)36(38)40-35-20-29-18-17-28-19-34(39-2)32(25-9-5-3-6-10-25)21-30(28)31(29)22-33(35)26-11-7-4-8-12-26/h3-16,19-22H,17-18H2,1-2H3. The first kappa shape index (κ1) is 25.3. The zero-order chi connectivity index (χ0) is 27.6. The topological polar surface area (TPSA) is 52.6 Å². The third-order valence-corrected chi connectivity index (χ3v) is 7.48. The van der Waals surface area contributed by atoms with Crippen LogP contribution in [0.4, 0.5) is 0 Å². The molecule has 40 heavy (non-hydrogen) atoms. The van der Waals surface area contributed by atoms with Crippen LogP contribution in [-0.4, -0.2) is 18.9 Å². The Labute approximate surface area is 233 Å². The number of ether oxygens (including phenoxy) is 2. The first-order chi connectivity index (χ1) is 19.5. The van der Waals surface area contributed by atoms with E-state index in [1.54, 1.807) is 31.4 Å². The van der Waals surface area contributed by atoms with Crippen LogP contribution in [0.25, 0.3) is 33.4 Å². The molecule has 1 aliphatic carbocycles. The number of carbonyl (C=O) groups is 2. The van der Waals surface area contributed by atoms with E-state index >= 15 is 0 Å². The van der Waals surface area contributed by atoms with Gasteiger partial charge in [0.25, 0.3) is 0 Å². The molecule has 0 radical (unpaired) electrons. The molecule has 6 rings (SSSR count). The Hall–Kier alpha value is -4.96. The summed E-state index contributed by atoms with van der Waals surface area (Å²) in [7, 11) is 1.72. The number of esters is 1. The summed E-state index contributed by atoms with van der Waals surface area (Å²) in [6.07, 6.45) is 1.68. The van der Waals surface area contributed by atoms with Crippen molar-refractivity contribution in [2.24, 2.45) is 0 Å².